The van der Waals surface area contributed by atoms with Gasteiger partial charge in [0.2, 0.25) is 0 Å². The molecule has 4 aliphatic rings. The molecule has 1 aliphatic heterocycles. The van der Waals surface area contributed by atoms with Gasteiger partial charge in [-0.3, -0.25) is 4.79 Å². The molecule has 4 rings (SSSR count). The minimum atomic E-state index is -0.192. The molecule has 2 heteroatoms. The Morgan fingerprint density at radius 1 is 1.19 bits per heavy atom. The average Bonchev–Trinajstić information content (AvgIpc) is 2.97. The van der Waals surface area contributed by atoms with Crippen LogP contribution < -0.4 is 0 Å². The van der Waals surface area contributed by atoms with Gasteiger partial charge in [-0.15, -0.1) is 0 Å². The second-order valence-corrected chi connectivity index (χ2v) is 8.22. The fourth-order valence-corrected chi connectivity index (χ4v) is 5.47. The molecule has 2 nitrogen and oxygen atoms in total. The molecule has 1 saturated heterocycles. The number of hydrogen-bond acceptors (Lipinski definition) is 2. The molecule has 0 radical (unpaired) electrons. The number of allylic oxidation sites excluding steroid dienone is 1. The van der Waals surface area contributed by atoms with Crippen molar-refractivity contribution in [1.29, 1.82) is 0 Å². The number of carbonyl (C=O) groups excluding carboxylic acids is 1. The van der Waals surface area contributed by atoms with E-state index in [-0.39, 0.29) is 11.7 Å². The summed E-state index contributed by atoms with van der Waals surface area (Å²) in [6, 6.07) is 0. The van der Waals surface area contributed by atoms with Crippen molar-refractivity contribution in [3.8, 4) is 0 Å². The van der Waals surface area contributed by atoms with Gasteiger partial charge in [0.1, 0.15) is 0 Å². The van der Waals surface area contributed by atoms with E-state index in [0.717, 1.165) is 24.3 Å². The van der Waals surface area contributed by atoms with Gasteiger partial charge in [-0.05, 0) is 68.4 Å². The first-order chi connectivity index (χ1) is 9.88. The molecule has 0 aromatic heterocycles. The molecule has 21 heavy (non-hydrogen) atoms. The zero-order valence-electron chi connectivity index (χ0n) is 13.4. The zero-order chi connectivity index (χ0) is 14.9. The third-order valence-electron chi connectivity index (χ3n) is 6.67. The number of Topliss-reactive ketones (excluding diaryl/α,β-unsaturated/α-hetero) is 1. The monoisotopic (exact) mass is 286 g/mol. The molecule has 0 aromatic carbocycles. The fraction of sp³-hybridized carbons (Fsp3) is 0.737. The Labute approximate surface area is 127 Å². The van der Waals surface area contributed by atoms with Crippen LogP contribution in [0.4, 0.5) is 0 Å². The number of fused-ring (bicyclic) bond motifs is 1. The van der Waals surface area contributed by atoms with Gasteiger partial charge in [-0.2, -0.15) is 0 Å². The van der Waals surface area contributed by atoms with Crippen molar-refractivity contribution in [2.24, 2.45) is 23.7 Å². The highest BCUT2D eigenvalue weighted by Gasteiger charge is 2.53. The molecule has 0 amide bonds. The Balaban J connectivity index is 1.80. The first kappa shape index (κ1) is 13.8. The minimum absolute atomic E-state index is 0.121. The largest absolute Gasteiger partial charge is 0.367 e. The minimum Gasteiger partial charge on any atom is -0.367 e. The van der Waals surface area contributed by atoms with E-state index in [1.54, 1.807) is 0 Å². The second-order valence-electron chi connectivity index (χ2n) is 8.22. The fourth-order valence-electron chi connectivity index (χ4n) is 5.47. The summed E-state index contributed by atoms with van der Waals surface area (Å²) in [5.41, 5.74) is 3.68. The van der Waals surface area contributed by atoms with E-state index in [9.17, 15) is 4.79 Å². The number of ketones is 1. The summed E-state index contributed by atoms with van der Waals surface area (Å²) in [5.74, 6) is 2.67. The Kier molecular flexibility index (Phi) is 2.83. The highest BCUT2D eigenvalue weighted by Crippen LogP contribution is 2.55. The standard InChI is InChI=1S/C19H26O2/c1-10-5-6-12-11(2)7-17-18-14(8-13(10)12)16(20)9-15(18)19(3,4)21-17/h10,12-13,15,17H,2,5-9H2,1,3-4H3/t10-,12+,13+,15-,17+/m1/s1. The van der Waals surface area contributed by atoms with Crippen molar-refractivity contribution in [3.63, 3.8) is 0 Å². The van der Waals surface area contributed by atoms with Crippen LogP contribution in [-0.2, 0) is 9.53 Å². The maximum absolute atomic E-state index is 12.6. The van der Waals surface area contributed by atoms with Crippen LogP contribution in [0.1, 0.15) is 52.9 Å². The summed E-state index contributed by atoms with van der Waals surface area (Å²) in [6.45, 7) is 11.1. The smallest absolute Gasteiger partial charge is 0.159 e. The molecular formula is C19H26O2. The van der Waals surface area contributed by atoms with E-state index in [0.29, 0.717) is 30.0 Å². The van der Waals surface area contributed by atoms with Crippen LogP contribution in [-0.4, -0.2) is 17.5 Å². The van der Waals surface area contributed by atoms with Crippen molar-refractivity contribution >= 4 is 5.78 Å². The summed E-state index contributed by atoms with van der Waals surface area (Å²) in [5, 5.41) is 0. The number of ether oxygens (including phenoxy) is 1. The topological polar surface area (TPSA) is 26.3 Å². The molecule has 0 spiro atoms. The molecule has 0 aromatic rings. The van der Waals surface area contributed by atoms with Crippen molar-refractivity contribution in [2.45, 2.75) is 64.6 Å². The third kappa shape index (κ3) is 1.84. The quantitative estimate of drug-likeness (QED) is 0.628. The Morgan fingerprint density at radius 3 is 2.71 bits per heavy atom. The number of rotatable bonds is 0. The number of carbonyl (C=O) groups is 1. The van der Waals surface area contributed by atoms with Gasteiger partial charge < -0.3 is 4.74 Å². The maximum Gasteiger partial charge on any atom is 0.159 e. The third-order valence-corrected chi connectivity index (χ3v) is 6.67. The van der Waals surface area contributed by atoms with Crippen LogP contribution in [0.15, 0.2) is 23.3 Å². The van der Waals surface area contributed by atoms with Gasteiger partial charge in [0.15, 0.2) is 5.78 Å². The lowest BCUT2D eigenvalue weighted by Crippen LogP contribution is -2.29. The summed E-state index contributed by atoms with van der Waals surface area (Å²) >= 11 is 0. The predicted molar refractivity (Wildman–Crippen MR) is 82.8 cm³/mol. The van der Waals surface area contributed by atoms with Crippen molar-refractivity contribution in [1.82, 2.24) is 0 Å². The molecular weight excluding hydrogens is 260 g/mol. The highest BCUT2D eigenvalue weighted by atomic mass is 16.5. The molecule has 3 aliphatic carbocycles. The molecule has 5 atom stereocenters. The average molecular weight is 286 g/mol. The van der Waals surface area contributed by atoms with Gasteiger partial charge >= 0.3 is 0 Å². The van der Waals surface area contributed by atoms with Gasteiger partial charge in [0, 0.05) is 12.3 Å². The Morgan fingerprint density at radius 2 is 1.95 bits per heavy atom. The second kappa shape index (κ2) is 4.32. The first-order valence-corrected chi connectivity index (χ1v) is 8.50. The van der Waals surface area contributed by atoms with E-state index in [1.165, 1.54) is 24.0 Å². The first-order valence-electron chi connectivity index (χ1n) is 8.50. The van der Waals surface area contributed by atoms with Crippen molar-refractivity contribution in [2.75, 3.05) is 0 Å². The molecule has 0 bridgehead atoms. The summed E-state index contributed by atoms with van der Waals surface area (Å²) in [7, 11) is 0. The lowest BCUT2D eigenvalue weighted by molar-refractivity contribution is -0.117. The van der Waals surface area contributed by atoms with Crippen LogP contribution in [0.5, 0.6) is 0 Å². The van der Waals surface area contributed by atoms with Crippen molar-refractivity contribution < 1.29 is 9.53 Å². The predicted octanol–water partition coefficient (Wildman–Crippen LogP) is 4.06. The normalized spacial score (nSPS) is 44.6. The molecule has 1 saturated carbocycles. The molecule has 2 fully saturated rings. The molecule has 1 heterocycles. The lowest BCUT2D eigenvalue weighted by Gasteiger charge is -2.30. The van der Waals surface area contributed by atoms with Gasteiger partial charge in [0.25, 0.3) is 0 Å². The van der Waals surface area contributed by atoms with Crippen LogP contribution in [0.25, 0.3) is 0 Å². The summed E-state index contributed by atoms with van der Waals surface area (Å²) in [6.07, 6.45) is 5.24. The van der Waals surface area contributed by atoms with Crippen LogP contribution in [0.3, 0.4) is 0 Å². The number of hydrogen-bond donors (Lipinski definition) is 0. The summed E-state index contributed by atoms with van der Waals surface area (Å²) < 4.78 is 6.35. The van der Waals surface area contributed by atoms with E-state index < -0.39 is 0 Å². The molecule has 0 N–H and O–H groups in total. The summed E-state index contributed by atoms with van der Waals surface area (Å²) in [4.78, 5) is 12.6. The van der Waals surface area contributed by atoms with Gasteiger partial charge in [-0.25, -0.2) is 0 Å². The lowest BCUT2D eigenvalue weighted by atomic mass is 9.75. The zero-order valence-corrected chi connectivity index (χ0v) is 13.4. The van der Waals surface area contributed by atoms with Gasteiger partial charge in [-0.1, -0.05) is 19.1 Å². The van der Waals surface area contributed by atoms with Crippen LogP contribution in [0, 0.1) is 23.7 Å². The molecule has 0 unspecified atom stereocenters. The van der Waals surface area contributed by atoms with E-state index >= 15 is 0 Å². The van der Waals surface area contributed by atoms with E-state index in [1.807, 2.05) is 0 Å². The Bertz CT molecular complexity index is 554. The highest BCUT2D eigenvalue weighted by molar-refractivity contribution is 6.00. The van der Waals surface area contributed by atoms with Gasteiger partial charge in [0.05, 0.1) is 11.7 Å². The maximum atomic E-state index is 12.6. The molecule has 114 valence electrons. The van der Waals surface area contributed by atoms with E-state index in [2.05, 4.69) is 27.4 Å². The van der Waals surface area contributed by atoms with Crippen molar-refractivity contribution in [3.05, 3.63) is 23.3 Å². The SMILES string of the molecule is C=C1C[C@@H]2OC(C)(C)[C@@H]3CC(=O)C(=C23)C[C@H]2[C@H](C)CC[C@@H]12. The van der Waals surface area contributed by atoms with Crippen LogP contribution >= 0.6 is 0 Å². The van der Waals surface area contributed by atoms with E-state index in [4.69, 9.17) is 4.74 Å². The Hall–Kier alpha value is -0.890. The van der Waals surface area contributed by atoms with Crippen LogP contribution in [0.2, 0.25) is 0 Å².